The van der Waals surface area contributed by atoms with Crippen LogP contribution in [-0.4, -0.2) is 9.97 Å². The number of nitrogens with zero attached hydrogens (tertiary/aromatic N) is 2. The predicted octanol–water partition coefficient (Wildman–Crippen LogP) is 6.52. The highest BCUT2D eigenvalue weighted by atomic mass is 14.9. The molecule has 0 amide bonds. The van der Waals surface area contributed by atoms with Crippen molar-refractivity contribution < 1.29 is 0 Å². The Bertz CT molecular complexity index is 965. The summed E-state index contributed by atoms with van der Waals surface area (Å²) in [6.07, 6.45) is 3.87. The van der Waals surface area contributed by atoms with Gasteiger partial charge in [0.2, 0.25) is 0 Å². The summed E-state index contributed by atoms with van der Waals surface area (Å²) in [5.41, 5.74) is 7.65. The topological polar surface area (TPSA) is 25.8 Å². The SMILES string of the molecule is Cc1cc(C)cc(-c2nc(C)c3ccc(C4CCC(C)(C)C4)cc3n2)c1. The van der Waals surface area contributed by atoms with Gasteiger partial charge in [0.05, 0.1) is 5.52 Å². The van der Waals surface area contributed by atoms with E-state index in [4.69, 9.17) is 9.97 Å². The number of aromatic nitrogens is 2. The highest BCUT2D eigenvalue weighted by Crippen LogP contribution is 2.46. The number of hydrogen-bond acceptors (Lipinski definition) is 2. The Hall–Kier alpha value is -2.22. The molecule has 1 fully saturated rings. The second-order valence-electron chi connectivity index (χ2n) is 8.89. The molecule has 0 radical (unpaired) electrons. The van der Waals surface area contributed by atoms with Gasteiger partial charge in [-0.25, -0.2) is 9.97 Å². The lowest BCUT2D eigenvalue weighted by molar-refractivity contribution is 0.376. The van der Waals surface area contributed by atoms with Crippen molar-refractivity contribution in [3.8, 4) is 11.4 Å². The van der Waals surface area contributed by atoms with Crippen LogP contribution in [0.1, 0.15) is 61.4 Å². The Morgan fingerprint density at radius 1 is 0.923 bits per heavy atom. The molecular weight excluding hydrogens is 316 g/mol. The van der Waals surface area contributed by atoms with Crippen LogP contribution >= 0.6 is 0 Å². The first-order chi connectivity index (χ1) is 12.3. The van der Waals surface area contributed by atoms with Gasteiger partial charge < -0.3 is 0 Å². The van der Waals surface area contributed by atoms with E-state index >= 15 is 0 Å². The summed E-state index contributed by atoms with van der Waals surface area (Å²) < 4.78 is 0. The van der Waals surface area contributed by atoms with Crippen molar-refractivity contribution in [2.24, 2.45) is 5.41 Å². The van der Waals surface area contributed by atoms with E-state index in [0.717, 1.165) is 22.6 Å². The van der Waals surface area contributed by atoms with E-state index in [9.17, 15) is 0 Å². The van der Waals surface area contributed by atoms with Crippen LogP contribution in [0.4, 0.5) is 0 Å². The Morgan fingerprint density at radius 2 is 1.65 bits per heavy atom. The number of rotatable bonds is 2. The highest BCUT2D eigenvalue weighted by molar-refractivity contribution is 5.83. The fourth-order valence-corrected chi connectivity index (χ4v) is 4.51. The monoisotopic (exact) mass is 344 g/mol. The fourth-order valence-electron chi connectivity index (χ4n) is 4.51. The number of fused-ring (bicyclic) bond motifs is 1. The summed E-state index contributed by atoms with van der Waals surface area (Å²) in [5, 5.41) is 1.17. The van der Waals surface area contributed by atoms with Crippen LogP contribution in [0.15, 0.2) is 36.4 Å². The minimum Gasteiger partial charge on any atom is -0.233 e. The van der Waals surface area contributed by atoms with Crippen molar-refractivity contribution in [1.29, 1.82) is 0 Å². The zero-order valence-corrected chi connectivity index (χ0v) is 16.6. The van der Waals surface area contributed by atoms with Crippen molar-refractivity contribution in [2.75, 3.05) is 0 Å². The first-order valence-electron chi connectivity index (χ1n) is 9.68. The average molecular weight is 345 g/mol. The van der Waals surface area contributed by atoms with E-state index in [0.29, 0.717) is 11.3 Å². The number of aryl methyl sites for hydroxylation is 3. The lowest BCUT2D eigenvalue weighted by atomic mass is 9.88. The lowest BCUT2D eigenvalue weighted by Gasteiger charge is -2.17. The summed E-state index contributed by atoms with van der Waals surface area (Å²) >= 11 is 0. The summed E-state index contributed by atoms with van der Waals surface area (Å²) in [6, 6.07) is 13.4. The molecule has 2 aromatic carbocycles. The second-order valence-corrected chi connectivity index (χ2v) is 8.89. The van der Waals surface area contributed by atoms with Crippen molar-refractivity contribution in [2.45, 2.75) is 59.8 Å². The molecule has 1 aromatic heterocycles. The minimum atomic E-state index is 0.464. The molecule has 0 N–H and O–H groups in total. The van der Waals surface area contributed by atoms with Gasteiger partial charge in [0.1, 0.15) is 0 Å². The first kappa shape index (κ1) is 17.2. The minimum absolute atomic E-state index is 0.464. The summed E-state index contributed by atoms with van der Waals surface area (Å²) in [7, 11) is 0. The molecule has 1 aliphatic rings. The molecule has 0 spiro atoms. The van der Waals surface area contributed by atoms with E-state index in [1.54, 1.807) is 0 Å². The van der Waals surface area contributed by atoms with Gasteiger partial charge in [0.15, 0.2) is 5.82 Å². The van der Waals surface area contributed by atoms with Gasteiger partial charge in [-0.3, -0.25) is 0 Å². The molecule has 0 saturated heterocycles. The maximum atomic E-state index is 4.95. The summed E-state index contributed by atoms with van der Waals surface area (Å²) in [6.45, 7) is 11.1. The molecule has 26 heavy (non-hydrogen) atoms. The van der Waals surface area contributed by atoms with Gasteiger partial charge >= 0.3 is 0 Å². The van der Waals surface area contributed by atoms with Crippen LogP contribution in [0.25, 0.3) is 22.3 Å². The highest BCUT2D eigenvalue weighted by Gasteiger charge is 2.31. The maximum Gasteiger partial charge on any atom is 0.160 e. The molecule has 1 heterocycles. The van der Waals surface area contributed by atoms with E-state index in [1.165, 1.54) is 41.3 Å². The van der Waals surface area contributed by atoms with Crippen LogP contribution in [0.2, 0.25) is 0 Å². The fraction of sp³-hybridized carbons (Fsp3) is 0.417. The van der Waals surface area contributed by atoms with Gasteiger partial charge in [-0.1, -0.05) is 43.2 Å². The second kappa shape index (κ2) is 6.19. The zero-order valence-electron chi connectivity index (χ0n) is 16.6. The first-order valence-corrected chi connectivity index (χ1v) is 9.68. The molecule has 4 rings (SSSR count). The van der Waals surface area contributed by atoms with Crippen LogP contribution in [0.3, 0.4) is 0 Å². The predicted molar refractivity (Wildman–Crippen MR) is 110 cm³/mol. The number of hydrogen-bond donors (Lipinski definition) is 0. The van der Waals surface area contributed by atoms with Crippen LogP contribution in [-0.2, 0) is 0 Å². The van der Waals surface area contributed by atoms with Crippen molar-refractivity contribution in [1.82, 2.24) is 9.97 Å². The van der Waals surface area contributed by atoms with Crippen molar-refractivity contribution in [3.63, 3.8) is 0 Å². The van der Waals surface area contributed by atoms with Crippen LogP contribution in [0, 0.1) is 26.2 Å². The number of benzene rings is 2. The van der Waals surface area contributed by atoms with Crippen molar-refractivity contribution >= 4 is 10.9 Å². The van der Waals surface area contributed by atoms with Crippen LogP contribution < -0.4 is 0 Å². The van der Waals surface area contributed by atoms with Gasteiger partial charge in [-0.2, -0.15) is 0 Å². The lowest BCUT2D eigenvalue weighted by Crippen LogP contribution is -2.04. The normalized spacial score (nSPS) is 19.2. The molecular formula is C24H28N2. The van der Waals surface area contributed by atoms with Gasteiger partial charge in [-0.15, -0.1) is 0 Å². The van der Waals surface area contributed by atoms with Crippen LogP contribution in [0.5, 0.6) is 0 Å². The van der Waals surface area contributed by atoms with E-state index < -0.39 is 0 Å². The van der Waals surface area contributed by atoms with E-state index in [2.05, 4.69) is 71.0 Å². The average Bonchev–Trinajstić information content (AvgIpc) is 2.93. The molecule has 3 aromatic rings. The summed E-state index contributed by atoms with van der Waals surface area (Å²) in [4.78, 5) is 9.74. The van der Waals surface area contributed by atoms with Gasteiger partial charge in [0.25, 0.3) is 0 Å². The third-order valence-electron chi connectivity index (χ3n) is 5.83. The molecule has 1 unspecified atom stereocenters. The van der Waals surface area contributed by atoms with Gasteiger partial charge in [0, 0.05) is 16.6 Å². The molecule has 1 atom stereocenters. The van der Waals surface area contributed by atoms with E-state index in [1.807, 2.05) is 0 Å². The molecule has 0 aliphatic heterocycles. The summed E-state index contributed by atoms with van der Waals surface area (Å²) in [5.74, 6) is 1.50. The molecule has 134 valence electrons. The molecule has 2 nitrogen and oxygen atoms in total. The maximum absolute atomic E-state index is 4.95. The quantitative estimate of drug-likeness (QED) is 0.529. The smallest absolute Gasteiger partial charge is 0.160 e. The Kier molecular flexibility index (Phi) is 4.10. The molecule has 0 bridgehead atoms. The molecule has 1 aliphatic carbocycles. The van der Waals surface area contributed by atoms with E-state index in [-0.39, 0.29) is 0 Å². The van der Waals surface area contributed by atoms with Gasteiger partial charge in [-0.05, 0) is 75.1 Å². The zero-order chi connectivity index (χ0) is 18.5. The third kappa shape index (κ3) is 3.25. The Balaban J connectivity index is 1.80. The standard InChI is InChI=1S/C24H28N2/c1-15-10-16(2)12-20(11-15)23-25-17(3)21-7-6-18(13-22(21)26-23)19-8-9-24(4,5)14-19/h6-7,10-13,19H,8-9,14H2,1-5H3. The Labute approximate surface area is 156 Å². The largest absolute Gasteiger partial charge is 0.233 e. The molecule has 2 heteroatoms. The Morgan fingerprint density at radius 3 is 2.31 bits per heavy atom. The van der Waals surface area contributed by atoms with Crippen molar-refractivity contribution in [3.05, 3.63) is 58.8 Å². The molecule has 1 saturated carbocycles. The third-order valence-corrected chi connectivity index (χ3v) is 5.83.